The summed E-state index contributed by atoms with van der Waals surface area (Å²) in [6, 6.07) is 8.72. The van der Waals surface area contributed by atoms with E-state index in [1.165, 1.54) is 14.4 Å². The van der Waals surface area contributed by atoms with Crippen LogP contribution in [0.4, 0.5) is 0 Å². The van der Waals surface area contributed by atoms with Gasteiger partial charge in [-0.15, -0.1) is 0 Å². The van der Waals surface area contributed by atoms with Crippen LogP contribution < -0.4 is 0 Å². The monoisotopic (exact) mass is 600 g/mol. The van der Waals surface area contributed by atoms with Gasteiger partial charge in [0.25, 0.3) is 0 Å². The molecule has 186 valence electrons. The molecule has 0 saturated carbocycles. The number of hydrogen-bond donors (Lipinski definition) is 0. The summed E-state index contributed by atoms with van der Waals surface area (Å²) < 4.78 is 0.172. The molecule has 7 rings (SSSR count). The Morgan fingerprint density at radius 2 is 0.811 bits per heavy atom. The van der Waals surface area contributed by atoms with Crippen LogP contribution in [0.3, 0.4) is 0 Å². The van der Waals surface area contributed by atoms with Gasteiger partial charge < -0.3 is 0 Å². The van der Waals surface area contributed by atoms with Crippen LogP contribution in [0.1, 0.15) is 11.1 Å². The number of hydrogen-bond acceptors (Lipinski definition) is 0. The molecule has 0 aromatic heterocycles. The summed E-state index contributed by atoms with van der Waals surface area (Å²) in [6.45, 7) is 0. The molecule has 1 aromatic carbocycles. The van der Waals surface area contributed by atoms with Gasteiger partial charge in [-0.1, -0.05) is 0 Å². The molecule has 0 nitrogen and oxygen atoms in total. The van der Waals surface area contributed by atoms with Gasteiger partial charge in [0, 0.05) is 0 Å². The van der Waals surface area contributed by atoms with Crippen molar-refractivity contribution in [2.75, 3.05) is 0 Å². The molecule has 0 spiro atoms. The van der Waals surface area contributed by atoms with Crippen LogP contribution >= 0.6 is 17.0 Å². The van der Waals surface area contributed by atoms with E-state index in [2.05, 4.69) is 152 Å². The van der Waals surface area contributed by atoms with Gasteiger partial charge in [0.1, 0.15) is 0 Å². The van der Waals surface area contributed by atoms with E-state index in [-0.39, 0.29) is 18.1 Å². The Morgan fingerprint density at radius 3 is 1.14 bits per heavy atom. The standard InChI is InChI=1S/C9H7.5C5H5.2ClH.Zr/c1-2-5-9-7-3-6-8(9)4-1;5*1-2-4-5-3-1;;;/h1-2,4-6H,7H2;5*1-5H;2*1H;/q;;;;;;;;+2/p-2. The zero-order valence-electron chi connectivity index (χ0n) is 20.8. The van der Waals surface area contributed by atoms with Crippen LogP contribution in [0.25, 0.3) is 6.08 Å². The van der Waals surface area contributed by atoms with Gasteiger partial charge in [0.15, 0.2) is 0 Å². The Bertz CT molecular complexity index is 1390. The molecule has 3 heteroatoms. The molecule has 0 N–H and O–H groups in total. The molecule has 0 heterocycles. The Morgan fingerprint density at radius 1 is 0.486 bits per heavy atom. The van der Waals surface area contributed by atoms with Gasteiger partial charge in [-0.05, 0) is 0 Å². The molecule has 37 heavy (non-hydrogen) atoms. The number of fused-ring (bicyclic) bond motifs is 1. The summed E-state index contributed by atoms with van der Waals surface area (Å²) in [5, 5.41) is 0. The third kappa shape index (κ3) is 1.86. The molecule has 1 aromatic rings. The van der Waals surface area contributed by atoms with E-state index in [4.69, 9.17) is 0 Å². The molecule has 0 amide bonds. The molecule has 6 aliphatic rings. The summed E-state index contributed by atoms with van der Waals surface area (Å²) in [5.41, 5.74) is 2.52. The van der Waals surface area contributed by atoms with Gasteiger partial charge in [-0.3, -0.25) is 0 Å². The van der Waals surface area contributed by atoms with Gasteiger partial charge in [-0.2, -0.15) is 0 Å². The minimum atomic E-state index is -7.41. The predicted molar refractivity (Wildman–Crippen MR) is 160 cm³/mol. The van der Waals surface area contributed by atoms with Crippen LogP contribution in [-0.4, -0.2) is 0 Å². The van der Waals surface area contributed by atoms with Crippen LogP contribution in [-0.2, 0) is 18.4 Å². The van der Waals surface area contributed by atoms with E-state index in [9.17, 15) is 17.0 Å². The fourth-order valence-electron chi connectivity index (χ4n) is 10.7. The SMILES string of the molecule is [Cl][Zr]([Cl])([C]1=Cc2ccccc2C1)([CH]1C=CC=C1)([CH]1C=CC=C1)([CH]1C=CC=C1)([CH]1C=CC=C1)[CH]1C=CC=C1. The molecular weight excluding hydrogens is 571 g/mol. The second kappa shape index (κ2) is 6.34. The molecule has 0 saturated heterocycles. The Kier molecular flexibility index (Phi) is 4.09. The van der Waals surface area contributed by atoms with E-state index in [0.29, 0.717) is 0 Å². The normalized spacial score (nSPS) is 26.9. The van der Waals surface area contributed by atoms with E-state index in [1.54, 1.807) is 0 Å². The van der Waals surface area contributed by atoms with Crippen molar-refractivity contribution in [3.8, 4) is 0 Å². The number of rotatable bonds is 6. The van der Waals surface area contributed by atoms with Crippen molar-refractivity contribution in [2.24, 2.45) is 0 Å². The Hall–Kier alpha value is -2.18. The van der Waals surface area contributed by atoms with Crippen molar-refractivity contribution >= 4 is 23.1 Å². The van der Waals surface area contributed by atoms with Gasteiger partial charge in [-0.25, -0.2) is 0 Å². The molecule has 0 bridgehead atoms. The average Bonchev–Trinajstić information content (AvgIpc) is 3.80. The summed E-state index contributed by atoms with van der Waals surface area (Å²) in [5.74, 6) is 0. The first-order valence-corrected chi connectivity index (χ1v) is 28.2. The third-order valence-electron chi connectivity index (χ3n) is 12.6. The van der Waals surface area contributed by atoms with E-state index < -0.39 is 11.9 Å². The topological polar surface area (TPSA) is 0 Å². The molecule has 0 atom stereocenters. The van der Waals surface area contributed by atoms with Gasteiger partial charge >= 0.3 is 220 Å². The first-order chi connectivity index (χ1) is 17.8. The molecule has 0 aliphatic heterocycles. The maximum atomic E-state index is 9.76. The molecule has 0 radical (unpaired) electrons. The van der Waals surface area contributed by atoms with Crippen molar-refractivity contribution in [2.45, 2.75) is 24.5 Å². The first-order valence-electron chi connectivity index (χ1n) is 13.5. The van der Waals surface area contributed by atoms with Crippen LogP contribution in [0.5, 0.6) is 0 Å². The minimum absolute atomic E-state index is 0.210. The molecule has 0 unspecified atom stereocenters. The van der Waals surface area contributed by atoms with Crippen molar-refractivity contribution in [3.05, 3.63) is 160 Å². The van der Waals surface area contributed by atoms with Gasteiger partial charge in [0.05, 0.1) is 0 Å². The zero-order valence-corrected chi connectivity index (χ0v) is 24.8. The first kappa shape index (κ1) is 23.9. The van der Waals surface area contributed by atoms with Crippen molar-refractivity contribution < 1.29 is 11.9 Å². The fraction of sp³-hybridized carbons (Fsp3) is 0.176. The third-order valence-corrected chi connectivity index (χ3v) is 70.9. The van der Waals surface area contributed by atoms with Gasteiger partial charge in [0.2, 0.25) is 0 Å². The summed E-state index contributed by atoms with van der Waals surface area (Å²) in [4.78, 5) is 0. The Labute approximate surface area is 218 Å². The number of benzene rings is 1. The van der Waals surface area contributed by atoms with Crippen LogP contribution in [0.15, 0.2) is 149 Å². The van der Waals surface area contributed by atoms with Crippen LogP contribution in [0.2, 0.25) is 18.1 Å². The number of allylic oxidation sites excluding steroid dienone is 21. The summed E-state index contributed by atoms with van der Waals surface area (Å²) in [6.07, 6.45) is 48.1. The Balaban J connectivity index is 1.87. The quantitative estimate of drug-likeness (QED) is 0.304. The van der Waals surface area contributed by atoms with E-state index in [1.807, 2.05) is 0 Å². The van der Waals surface area contributed by atoms with Crippen LogP contribution in [0, 0.1) is 0 Å². The number of halogens is 2. The summed E-state index contributed by atoms with van der Waals surface area (Å²) >= 11 is -7.41. The van der Waals surface area contributed by atoms with Crippen molar-refractivity contribution in [3.63, 3.8) is 0 Å². The van der Waals surface area contributed by atoms with E-state index in [0.717, 1.165) is 6.42 Å². The fourth-order valence-corrected chi connectivity index (χ4v) is 60.3. The van der Waals surface area contributed by atoms with E-state index >= 15 is 0 Å². The zero-order chi connectivity index (χ0) is 25.4. The average molecular weight is 603 g/mol. The maximum absolute atomic E-state index is 9.76. The van der Waals surface area contributed by atoms with Crippen molar-refractivity contribution in [1.29, 1.82) is 0 Å². The molecular formula is C34H32Cl2Zr. The second-order valence-corrected chi connectivity index (χ2v) is 59.4. The van der Waals surface area contributed by atoms with Crippen molar-refractivity contribution in [1.82, 2.24) is 0 Å². The predicted octanol–water partition coefficient (Wildman–Crippen LogP) is 10.8. The summed E-state index contributed by atoms with van der Waals surface area (Å²) in [7, 11) is 19.5. The molecule has 6 aliphatic carbocycles. The second-order valence-electron chi connectivity index (χ2n) is 12.8. The molecule has 0 fully saturated rings.